The Labute approximate surface area is 110 Å². The topological polar surface area (TPSA) is 50.7 Å². The molecule has 1 N–H and O–H groups in total. The molecule has 18 heavy (non-hydrogen) atoms. The molecule has 0 radical (unpaired) electrons. The van der Waals surface area contributed by atoms with Crippen molar-refractivity contribution < 1.29 is 0 Å². The van der Waals surface area contributed by atoms with Gasteiger partial charge in [-0.15, -0.1) is 0 Å². The van der Waals surface area contributed by atoms with Gasteiger partial charge in [-0.1, -0.05) is 30.3 Å². The van der Waals surface area contributed by atoms with Crippen LogP contribution < -0.4 is 5.32 Å². The zero-order valence-corrected chi connectivity index (χ0v) is 10.8. The maximum atomic E-state index is 5.95. The van der Waals surface area contributed by atoms with Gasteiger partial charge in [0.2, 0.25) is 11.2 Å². The summed E-state index contributed by atoms with van der Waals surface area (Å²) >= 11 is 5.95. The molecular weight excluding hydrogens is 248 g/mol. The Morgan fingerprint density at radius 3 is 2.50 bits per heavy atom. The molecule has 1 aliphatic rings. The summed E-state index contributed by atoms with van der Waals surface area (Å²) in [5.74, 6) is 1.15. The number of nitrogens with zero attached hydrogens (tertiary/aromatic N) is 3. The molecule has 0 aliphatic heterocycles. The predicted octanol–water partition coefficient (Wildman–Crippen LogP) is 3.16. The summed E-state index contributed by atoms with van der Waals surface area (Å²) in [4.78, 5) is 12.7. The zero-order valence-electron chi connectivity index (χ0n) is 10.0. The Kier molecular flexibility index (Phi) is 2.67. The van der Waals surface area contributed by atoms with Crippen molar-refractivity contribution in [3.63, 3.8) is 0 Å². The fourth-order valence-electron chi connectivity index (χ4n) is 1.70. The molecule has 1 aliphatic carbocycles. The fraction of sp³-hybridized carbons (Fsp3) is 0.308. The normalized spacial score (nSPS) is 16.3. The van der Waals surface area contributed by atoms with E-state index in [-0.39, 0.29) is 10.8 Å². The van der Waals surface area contributed by atoms with Crippen molar-refractivity contribution in [2.45, 2.75) is 25.3 Å². The third-order valence-electron chi connectivity index (χ3n) is 3.05. The summed E-state index contributed by atoms with van der Waals surface area (Å²) < 4.78 is 0. The van der Waals surface area contributed by atoms with Crippen molar-refractivity contribution in [2.75, 3.05) is 5.32 Å². The highest BCUT2D eigenvalue weighted by molar-refractivity contribution is 6.28. The van der Waals surface area contributed by atoms with Crippen LogP contribution in [-0.2, 0) is 0 Å². The Hall–Kier alpha value is -1.68. The number of hydrogen-bond acceptors (Lipinski definition) is 4. The van der Waals surface area contributed by atoms with Gasteiger partial charge in [0.1, 0.15) is 0 Å². The van der Waals surface area contributed by atoms with Crippen molar-refractivity contribution in [3.05, 3.63) is 35.6 Å². The summed E-state index contributed by atoms with van der Waals surface area (Å²) in [6.45, 7) is 2.15. The van der Waals surface area contributed by atoms with Gasteiger partial charge >= 0.3 is 0 Å². The quantitative estimate of drug-likeness (QED) is 0.921. The zero-order chi connectivity index (χ0) is 12.6. The van der Waals surface area contributed by atoms with Crippen molar-refractivity contribution in [3.8, 4) is 11.4 Å². The molecule has 0 amide bonds. The van der Waals surface area contributed by atoms with Crippen molar-refractivity contribution in [1.29, 1.82) is 0 Å². The van der Waals surface area contributed by atoms with E-state index in [1.54, 1.807) is 0 Å². The third-order valence-corrected chi connectivity index (χ3v) is 3.22. The van der Waals surface area contributed by atoms with Crippen LogP contribution in [-0.4, -0.2) is 20.5 Å². The van der Waals surface area contributed by atoms with Gasteiger partial charge in [-0.25, -0.2) is 0 Å². The highest BCUT2D eigenvalue weighted by atomic mass is 35.5. The second-order valence-corrected chi connectivity index (χ2v) is 5.14. The van der Waals surface area contributed by atoms with Crippen LogP contribution >= 0.6 is 11.6 Å². The lowest BCUT2D eigenvalue weighted by atomic mass is 10.2. The van der Waals surface area contributed by atoms with Gasteiger partial charge in [0, 0.05) is 11.1 Å². The Morgan fingerprint density at radius 1 is 1.11 bits per heavy atom. The maximum Gasteiger partial charge on any atom is 0.227 e. The SMILES string of the molecule is CC1(Nc2nc(Cl)nc(-c3ccccc3)n2)CC1. The Morgan fingerprint density at radius 2 is 1.83 bits per heavy atom. The van der Waals surface area contributed by atoms with Crippen LogP contribution in [0.3, 0.4) is 0 Å². The molecule has 1 fully saturated rings. The Balaban J connectivity index is 1.95. The molecule has 4 nitrogen and oxygen atoms in total. The maximum absolute atomic E-state index is 5.95. The summed E-state index contributed by atoms with van der Waals surface area (Å²) in [5, 5.41) is 3.51. The summed E-state index contributed by atoms with van der Waals surface area (Å²) in [6, 6.07) is 9.75. The third kappa shape index (κ3) is 2.43. The number of nitrogens with one attached hydrogen (secondary N) is 1. The summed E-state index contributed by atoms with van der Waals surface area (Å²) in [7, 11) is 0. The van der Waals surface area contributed by atoms with Crippen molar-refractivity contribution in [2.24, 2.45) is 0 Å². The van der Waals surface area contributed by atoms with E-state index in [2.05, 4.69) is 27.2 Å². The molecule has 1 aromatic carbocycles. The van der Waals surface area contributed by atoms with E-state index in [0.717, 1.165) is 18.4 Å². The molecule has 92 valence electrons. The number of anilines is 1. The van der Waals surface area contributed by atoms with Gasteiger partial charge in [-0.05, 0) is 31.4 Å². The molecule has 3 rings (SSSR count). The van der Waals surface area contributed by atoms with E-state index in [4.69, 9.17) is 11.6 Å². The summed E-state index contributed by atoms with van der Waals surface area (Å²) in [5.41, 5.74) is 1.06. The van der Waals surface area contributed by atoms with Crippen molar-refractivity contribution >= 4 is 17.5 Å². The molecule has 1 aromatic heterocycles. The van der Waals surface area contributed by atoms with Crippen LogP contribution in [0.5, 0.6) is 0 Å². The smallest absolute Gasteiger partial charge is 0.227 e. The Bertz CT molecular complexity index is 566. The number of rotatable bonds is 3. The highest BCUT2D eigenvalue weighted by Crippen LogP contribution is 2.37. The second-order valence-electron chi connectivity index (χ2n) is 4.80. The predicted molar refractivity (Wildman–Crippen MR) is 71.5 cm³/mol. The average Bonchev–Trinajstić information content (AvgIpc) is 3.07. The average molecular weight is 261 g/mol. The van der Waals surface area contributed by atoms with Crippen molar-refractivity contribution in [1.82, 2.24) is 15.0 Å². The van der Waals surface area contributed by atoms with Gasteiger partial charge < -0.3 is 5.32 Å². The van der Waals surface area contributed by atoms with Gasteiger partial charge in [-0.2, -0.15) is 15.0 Å². The molecule has 0 saturated heterocycles. The minimum atomic E-state index is 0.124. The molecule has 0 bridgehead atoms. The second kappa shape index (κ2) is 4.21. The number of benzene rings is 1. The first-order valence-corrected chi connectivity index (χ1v) is 6.28. The van der Waals surface area contributed by atoms with Crippen LogP contribution in [0, 0.1) is 0 Å². The fourth-order valence-corrected chi connectivity index (χ4v) is 1.86. The lowest BCUT2D eigenvalue weighted by molar-refractivity contribution is 0.806. The van der Waals surface area contributed by atoms with Gasteiger partial charge in [-0.3, -0.25) is 0 Å². The molecule has 1 saturated carbocycles. The molecule has 2 aromatic rings. The van der Waals surface area contributed by atoms with E-state index < -0.39 is 0 Å². The molecule has 0 unspecified atom stereocenters. The van der Waals surface area contributed by atoms with Gasteiger partial charge in [0.05, 0.1) is 0 Å². The van der Waals surface area contributed by atoms with Crippen LogP contribution in [0.15, 0.2) is 30.3 Å². The number of hydrogen-bond donors (Lipinski definition) is 1. The van der Waals surface area contributed by atoms with Gasteiger partial charge in [0.25, 0.3) is 0 Å². The van der Waals surface area contributed by atoms with E-state index in [9.17, 15) is 0 Å². The monoisotopic (exact) mass is 260 g/mol. The molecule has 0 atom stereocenters. The van der Waals surface area contributed by atoms with E-state index in [1.165, 1.54) is 0 Å². The number of aromatic nitrogens is 3. The van der Waals surface area contributed by atoms with E-state index in [1.807, 2.05) is 30.3 Å². The van der Waals surface area contributed by atoms with Crippen LogP contribution in [0.25, 0.3) is 11.4 Å². The molecule has 1 heterocycles. The van der Waals surface area contributed by atoms with Gasteiger partial charge in [0.15, 0.2) is 5.82 Å². The first kappa shape index (κ1) is 11.4. The van der Waals surface area contributed by atoms with E-state index >= 15 is 0 Å². The van der Waals surface area contributed by atoms with E-state index in [0.29, 0.717) is 11.8 Å². The lowest BCUT2D eigenvalue weighted by Crippen LogP contribution is -2.18. The molecular formula is C13H13ClN4. The van der Waals surface area contributed by atoms with Crippen LogP contribution in [0.1, 0.15) is 19.8 Å². The minimum Gasteiger partial charge on any atom is -0.349 e. The standard InChI is InChI=1S/C13H13ClN4/c1-13(7-8-13)18-12-16-10(15-11(14)17-12)9-5-3-2-4-6-9/h2-6H,7-8H2,1H3,(H,15,16,17,18). The minimum absolute atomic E-state index is 0.124. The largest absolute Gasteiger partial charge is 0.349 e. The molecule has 5 heteroatoms. The lowest BCUT2D eigenvalue weighted by Gasteiger charge is -2.11. The van der Waals surface area contributed by atoms with Crippen LogP contribution in [0.2, 0.25) is 5.28 Å². The molecule has 0 spiro atoms. The summed E-state index contributed by atoms with van der Waals surface area (Å²) in [6.07, 6.45) is 2.27. The highest BCUT2D eigenvalue weighted by Gasteiger charge is 2.38. The van der Waals surface area contributed by atoms with Crippen LogP contribution in [0.4, 0.5) is 5.95 Å². The first-order chi connectivity index (χ1) is 8.65. The number of halogens is 1. The first-order valence-electron chi connectivity index (χ1n) is 5.90.